The molecule has 0 aromatic heterocycles. The van der Waals surface area contributed by atoms with Gasteiger partial charge in [0.25, 0.3) is 0 Å². The van der Waals surface area contributed by atoms with Gasteiger partial charge >= 0.3 is 17.9 Å². The lowest BCUT2D eigenvalue weighted by atomic mass is 9.73. The minimum Gasteiger partial charge on any atom is -0.481 e. The number of carbonyl (C=O) groups excluding carboxylic acids is 1. The zero-order valence-electron chi connectivity index (χ0n) is 8.63. The van der Waals surface area contributed by atoms with Gasteiger partial charge in [-0.3, -0.25) is 14.4 Å². The van der Waals surface area contributed by atoms with Gasteiger partial charge in [-0.25, -0.2) is 0 Å². The molecule has 7 nitrogen and oxygen atoms in total. The minimum atomic E-state index is -1.83. The summed E-state index contributed by atoms with van der Waals surface area (Å²) in [7, 11) is 0. The summed E-state index contributed by atoms with van der Waals surface area (Å²) in [6, 6.07) is 0. The zero-order valence-corrected chi connectivity index (χ0v) is 8.63. The van der Waals surface area contributed by atoms with Gasteiger partial charge < -0.3 is 19.7 Å². The Bertz CT molecular complexity index is 304. The van der Waals surface area contributed by atoms with Crippen molar-refractivity contribution in [3.63, 3.8) is 0 Å². The molecule has 0 aromatic carbocycles. The Balaban J connectivity index is 2.97. The summed E-state index contributed by atoms with van der Waals surface area (Å²) in [5.41, 5.74) is -1.59. The summed E-state index contributed by atoms with van der Waals surface area (Å²) in [5.74, 6) is -5.80. The second-order valence-electron chi connectivity index (χ2n) is 3.48. The summed E-state index contributed by atoms with van der Waals surface area (Å²) in [5, 5.41) is 17.6. The van der Waals surface area contributed by atoms with E-state index in [-0.39, 0.29) is 19.8 Å². The van der Waals surface area contributed by atoms with Crippen LogP contribution in [0.4, 0.5) is 0 Å². The van der Waals surface area contributed by atoms with E-state index in [2.05, 4.69) is 4.74 Å². The summed E-state index contributed by atoms with van der Waals surface area (Å²) < 4.78 is 9.44. The monoisotopic (exact) mass is 232 g/mol. The molecule has 90 valence electrons. The van der Waals surface area contributed by atoms with Gasteiger partial charge in [0.15, 0.2) is 5.92 Å². The third-order valence-corrected chi connectivity index (χ3v) is 2.45. The van der Waals surface area contributed by atoms with Gasteiger partial charge in [0.1, 0.15) is 5.41 Å². The first-order chi connectivity index (χ1) is 7.45. The van der Waals surface area contributed by atoms with E-state index >= 15 is 0 Å². The fourth-order valence-electron chi connectivity index (χ4n) is 1.58. The highest BCUT2D eigenvalue weighted by molar-refractivity contribution is 6.00. The van der Waals surface area contributed by atoms with E-state index in [0.717, 1.165) is 0 Å². The van der Waals surface area contributed by atoms with E-state index in [9.17, 15) is 14.4 Å². The van der Waals surface area contributed by atoms with Gasteiger partial charge in [-0.15, -0.1) is 0 Å². The maximum absolute atomic E-state index is 11.6. The number of carbonyl (C=O) groups is 3. The maximum Gasteiger partial charge on any atom is 0.319 e. The molecule has 7 heteroatoms. The standard InChI is InChI=1S/C9H12O7/c1-2-16-8(14)9(3-15-4-9)5(6(10)11)7(12)13/h5H,2-4H2,1H3,(H,10,11)(H,12,13). The van der Waals surface area contributed by atoms with Crippen LogP contribution in [0.1, 0.15) is 6.92 Å². The van der Waals surface area contributed by atoms with Crippen LogP contribution in [0.5, 0.6) is 0 Å². The molecule has 0 bridgehead atoms. The Hall–Kier alpha value is -1.63. The number of aliphatic carboxylic acids is 2. The quantitative estimate of drug-likeness (QED) is 0.478. The zero-order chi connectivity index (χ0) is 12.3. The van der Waals surface area contributed by atoms with Crippen LogP contribution in [-0.2, 0) is 23.9 Å². The largest absolute Gasteiger partial charge is 0.481 e. The topological polar surface area (TPSA) is 110 Å². The van der Waals surface area contributed by atoms with Crippen molar-refractivity contribution in [3.8, 4) is 0 Å². The minimum absolute atomic E-state index is 0.0620. The van der Waals surface area contributed by atoms with E-state index in [1.54, 1.807) is 6.92 Å². The van der Waals surface area contributed by atoms with Crippen molar-refractivity contribution in [2.75, 3.05) is 19.8 Å². The van der Waals surface area contributed by atoms with Crippen molar-refractivity contribution in [1.82, 2.24) is 0 Å². The highest BCUT2D eigenvalue weighted by atomic mass is 16.6. The van der Waals surface area contributed by atoms with Gasteiger partial charge in [0.2, 0.25) is 0 Å². The molecule has 0 unspecified atom stereocenters. The fourth-order valence-corrected chi connectivity index (χ4v) is 1.58. The highest BCUT2D eigenvalue weighted by Gasteiger charge is 2.59. The number of esters is 1. The van der Waals surface area contributed by atoms with Crippen LogP contribution in [0, 0.1) is 11.3 Å². The molecule has 0 aromatic rings. The van der Waals surface area contributed by atoms with Crippen LogP contribution in [0.3, 0.4) is 0 Å². The maximum atomic E-state index is 11.6. The molecular formula is C9H12O7. The number of ether oxygens (including phenoxy) is 2. The summed E-state index contributed by atoms with van der Waals surface area (Å²) in [6.45, 7) is 1.14. The smallest absolute Gasteiger partial charge is 0.319 e. The van der Waals surface area contributed by atoms with E-state index in [0.29, 0.717) is 0 Å². The lowest BCUT2D eigenvalue weighted by molar-refractivity contribution is -0.208. The second-order valence-corrected chi connectivity index (χ2v) is 3.48. The van der Waals surface area contributed by atoms with Crippen molar-refractivity contribution >= 4 is 17.9 Å². The average molecular weight is 232 g/mol. The molecular weight excluding hydrogens is 220 g/mol. The molecule has 1 aliphatic heterocycles. The molecule has 1 aliphatic rings. The van der Waals surface area contributed by atoms with Gasteiger partial charge in [-0.1, -0.05) is 0 Å². The first-order valence-electron chi connectivity index (χ1n) is 4.66. The molecule has 1 rings (SSSR count). The lowest BCUT2D eigenvalue weighted by Gasteiger charge is -2.40. The summed E-state index contributed by atoms with van der Waals surface area (Å²) >= 11 is 0. The van der Waals surface area contributed by atoms with Crippen molar-refractivity contribution in [2.24, 2.45) is 11.3 Å². The molecule has 16 heavy (non-hydrogen) atoms. The van der Waals surface area contributed by atoms with E-state index < -0.39 is 29.2 Å². The summed E-state index contributed by atoms with van der Waals surface area (Å²) in [4.78, 5) is 33.3. The Kier molecular flexibility index (Phi) is 3.48. The number of rotatable bonds is 5. The van der Waals surface area contributed by atoms with Gasteiger partial charge in [-0.05, 0) is 6.92 Å². The van der Waals surface area contributed by atoms with Crippen LogP contribution in [0.25, 0.3) is 0 Å². The van der Waals surface area contributed by atoms with Crippen molar-refractivity contribution in [3.05, 3.63) is 0 Å². The molecule has 1 heterocycles. The number of carboxylic acid groups (broad SMARTS) is 2. The molecule has 0 atom stereocenters. The fraction of sp³-hybridized carbons (Fsp3) is 0.667. The Labute approximate surface area is 91.0 Å². The summed E-state index contributed by atoms with van der Waals surface area (Å²) in [6.07, 6.45) is 0. The van der Waals surface area contributed by atoms with Crippen LogP contribution in [0.2, 0.25) is 0 Å². The third kappa shape index (κ3) is 1.85. The Morgan fingerprint density at radius 3 is 2.06 bits per heavy atom. The van der Waals surface area contributed by atoms with Crippen molar-refractivity contribution in [2.45, 2.75) is 6.92 Å². The number of hydrogen-bond acceptors (Lipinski definition) is 5. The normalized spacial score (nSPS) is 17.6. The second kappa shape index (κ2) is 4.48. The van der Waals surface area contributed by atoms with Crippen LogP contribution in [0.15, 0.2) is 0 Å². The van der Waals surface area contributed by atoms with Crippen LogP contribution < -0.4 is 0 Å². The average Bonchev–Trinajstić information content (AvgIpc) is 2.09. The predicted octanol–water partition coefficient (Wildman–Crippen LogP) is -0.649. The van der Waals surface area contributed by atoms with Crippen LogP contribution >= 0.6 is 0 Å². The first kappa shape index (κ1) is 12.4. The Morgan fingerprint density at radius 1 is 1.31 bits per heavy atom. The molecule has 0 radical (unpaired) electrons. The SMILES string of the molecule is CCOC(=O)C1(C(C(=O)O)C(=O)O)COC1. The van der Waals surface area contributed by atoms with E-state index in [4.69, 9.17) is 14.9 Å². The van der Waals surface area contributed by atoms with E-state index in [1.165, 1.54) is 0 Å². The molecule has 0 spiro atoms. The third-order valence-electron chi connectivity index (χ3n) is 2.45. The molecule has 0 amide bonds. The lowest BCUT2D eigenvalue weighted by Crippen LogP contribution is -2.59. The van der Waals surface area contributed by atoms with Gasteiger partial charge in [0.05, 0.1) is 19.8 Å². The first-order valence-corrected chi connectivity index (χ1v) is 4.66. The molecule has 2 N–H and O–H groups in total. The highest BCUT2D eigenvalue weighted by Crippen LogP contribution is 2.38. The van der Waals surface area contributed by atoms with Gasteiger partial charge in [0, 0.05) is 0 Å². The molecule has 1 fully saturated rings. The number of carboxylic acids is 2. The van der Waals surface area contributed by atoms with Crippen molar-refractivity contribution in [1.29, 1.82) is 0 Å². The van der Waals surface area contributed by atoms with Crippen molar-refractivity contribution < 1.29 is 34.1 Å². The number of hydrogen-bond donors (Lipinski definition) is 2. The Morgan fingerprint density at radius 2 is 1.81 bits per heavy atom. The van der Waals surface area contributed by atoms with E-state index in [1.807, 2.05) is 0 Å². The van der Waals surface area contributed by atoms with Gasteiger partial charge in [-0.2, -0.15) is 0 Å². The van der Waals surface area contributed by atoms with Crippen LogP contribution in [-0.4, -0.2) is 47.9 Å². The molecule has 0 saturated carbocycles. The predicted molar refractivity (Wildman–Crippen MR) is 48.6 cm³/mol. The molecule has 0 aliphatic carbocycles. The molecule has 1 saturated heterocycles.